The first-order valence-corrected chi connectivity index (χ1v) is 5.68. The minimum atomic E-state index is -0.400. The number of hydrogen-bond acceptors (Lipinski definition) is 2. The smallest absolute Gasteiger partial charge is 0.165 e. The van der Waals surface area contributed by atoms with E-state index < -0.39 is 5.82 Å². The Labute approximate surface area is 104 Å². The summed E-state index contributed by atoms with van der Waals surface area (Å²) >= 11 is 5.78. The highest BCUT2D eigenvalue weighted by atomic mass is 35.5. The van der Waals surface area contributed by atoms with Gasteiger partial charge in [0.15, 0.2) is 11.6 Å². The number of benzene rings is 1. The summed E-state index contributed by atoms with van der Waals surface area (Å²) in [6, 6.07) is 7.99. The van der Waals surface area contributed by atoms with Crippen LogP contribution in [-0.4, -0.2) is 4.98 Å². The standard InChI is InChI=1S/C13H11ClFNO/c1-9-6-13(10(7-14)8-16-9)17-12-5-3-2-4-11(12)15/h2-6,8H,7H2,1H3. The fraction of sp³-hybridized carbons (Fsp3) is 0.154. The van der Waals surface area contributed by atoms with E-state index >= 15 is 0 Å². The fourth-order valence-corrected chi connectivity index (χ4v) is 1.61. The van der Waals surface area contributed by atoms with E-state index in [1.54, 1.807) is 30.5 Å². The Bertz CT molecular complexity index is 531. The SMILES string of the molecule is Cc1cc(Oc2ccccc2F)c(CCl)cn1. The van der Waals surface area contributed by atoms with Gasteiger partial charge in [0.2, 0.25) is 0 Å². The molecule has 88 valence electrons. The number of nitrogens with zero attached hydrogens (tertiary/aromatic N) is 1. The topological polar surface area (TPSA) is 22.1 Å². The molecule has 2 nitrogen and oxygen atoms in total. The first-order valence-electron chi connectivity index (χ1n) is 5.14. The van der Waals surface area contributed by atoms with E-state index in [-0.39, 0.29) is 11.6 Å². The van der Waals surface area contributed by atoms with E-state index in [1.165, 1.54) is 6.07 Å². The Morgan fingerprint density at radius 2 is 2.06 bits per heavy atom. The summed E-state index contributed by atoms with van der Waals surface area (Å²) in [6.45, 7) is 1.84. The van der Waals surface area contributed by atoms with Crippen molar-refractivity contribution < 1.29 is 9.13 Å². The Morgan fingerprint density at radius 1 is 1.29 bits per heavy atom. The van der Waals surface area contributed by atoms with Gasteiger partial charge in [0.1, 0.15) is 5.75 Å². The molecule has 0 atom stereocenters. The second-order valence-electron chi connectivity index (χ2n) is 3.60. The minimum absolute atomic E-state index is 0.185. The quantitative estimate of drug-likeness (QED) is 0.768. The summed E-state index contributed by atoms with van der Waals surface area (Å²) in [5.74, 6) is 0.599. The predicted octanol–water partition coefficient (Wildman–Crippen LogP) is 4.06. The Hall–Kier alpha value is -1.61. The molecule has 17 heavy (non-hydrogen) atoms. The van der Waals surface area contributed by atoms with Gasteiger partial charge in [-0.05, 0) is 19.1 Å². The van der Waals surface area contributed by atoms with Crippen molar-refractivity contribution in [3.8, 4) is 11.5 Å². The number of para-hydroxylation sites is 1. The normalized spacial score (nSPS) is 10.3. The number of alkyl halides is 1. The lowest BCUT2D eigenvalue weighted by atomic mass is 10.2. The van der Waals surface area contributed by atoms with Crippen molar-refractivity contribution in [2.75, 3.05) is 0 Å². The second kappa shape index (κ2) is 5.15. The molecule has 0 amide bonds. The molecule has 0 spiro atoms. The van der Waals surface area contributed by atoms with Crippen LogP contribution < -0.4 is 4.74 Å². The Balaban J connectivity index is 2.35. The van der Waals surface area contributed by atoms with Crippen molar-refractivity contribution in [2.24, 2.45) is 0 Å². The van der Waals surface area contributed by atoms with E-state index in [2.05, 4.69) is 4.98 Å². The van der Waals surface area contributed by atoms with Gasteiger partial charge in [0.25, 0.3) is 0 Å². The van der Waals surface area contributed by atoms with E-state index in [0.717, 1.165) is 11.3 Å². The van der Waals surface area contributed by atoms with Crippen LogP contribution in [-0.2, 0) is 5.88 Å². The van der Waals surface area contributed by atoms with Crippen molar-refractivity contribution in [3.63, 3.8) is 0 Å². The third kappa shape index (κ3) is 2.74. The number of aryl methyl sites for hydroxylation is 1. The summed E-state index contributed by atoms with van der Waals surface area (Å²) in [6.07, 6.45) is 1.64. The summed E-state index contributed by atoms with van der Waals surface area (Å²) in [5.41, 5.74) is 1.53. The van der Waals surface area contributed by atoms with Crippen LogP contribution in [0.2, 0.25) is 0 Å². The number of halogens is 2. The van der Waals surface area contributed by atoms with Crippen LogP contribution in [0, 0.1) is 12.7 Å². The van der Waals surface area contributed by atoms with Crippen LogP contribution in [0.5, 0.6) is 11.5 Å². The zero-order valence-electron chi connectivity index (χ0n) is 9.28. The van der Waals surface area contributed by atoms with Crippen molar-refractivity contribution in [1.82, 2.24) is 4.98 Å². The molecule has 0 bridgehead atoms. The minimum Gasteiger partial charge on any atom is -0.454 e. The van der Waals surface area contributed by atoms with Crippen molar-refractivity contribution in [1.29, 1.82) is 0 Å². The van der Waals surface area contributed by atoms with E-state index in [9.17, 15) is 4.39 Å². The van der Waals surface area contributed by atoms with E-state index in [1.807, 2.05) is 6.92 Å². The van der Waals surface area contributed by atoms with Crippen LogP contribution in [0.4, 0.5) is 4.39 Å². The molecule has 1 aromatic heterocycles. The lowest BCUT2D eigenvalue weighted by Gasteiger charge is -2.10. The highest BCUT2D eigenvalue weighted by Gasteiger charge is 2.08. The number of aromatic nitrogens is 1. The van der Waals surface area contributed by atoms with Crippen molar-refractivity contribution in [3.05, 3.63) is 53.6 Å². The van der Waals surface area contributed by atoms with Crippen molar-refractivity contribution in [2.45, 2.75) is 12.8 Å². The molecule has 0 unspecified atom stereocenters. The Morgan fingerprint density at radius 3 is 2.76 bits per heavy atom. The third-order valence-electron chi connectivity index (χ3n) is 2.28. The number of hydrogen-bond donors (Lipinski definition) is 0. The molecular weight excluding hydrogens is 241 g/mol. The molecular formula is C13H11ClFNO. The highest BCUT2D eigenvalue weighted by molar-refractivity contribution is 6.17. The monoisotopic (exact) mass is 251 g/mol. The van der Waals surface area contributed by atoms with Gasteiger partial charge < -0.3 is 4.74 Å². The van der Waals surface area contributed by atoms with Gasteiger partial charge in [-0.2, -0.15) is 0 Å². The molecule has 0 fully saturated rings. The number of pyridine rings is 1. The molecule has 0 aliphatic heterocycles. The first-order chi connectivity index (χ1) is 8.20. The molecule has 2 aromatic rings. The van der Waals surface area contributed by atoms with Crippen LogP contribution >= 0.6 is 11.6 Å². The molecule has 0 aliphatic carbocycles. The maximum absolute atomic E-state index is 13.4. The van der Waals surface area contributed by atoms with E-state index in [0.29, 0.717) is 5.75 Å². The summed E-state index contributed by atoms with van der Waals surface area (Å²) in [4.78, 5) is 4.12. The highest BCUT2D eigenvalue weighted by Crippen LogP contribution is 2.28. The van der Waals surface area contributed by atoms with Gasteiger partial charge >= 0.3 is 0 Å². The number of ether oxygens (including phenoxy) is 1. The number of rotatable bonds is 3. The maximum Gasteiger partial charge on any atom is 0.165 e. The van der Waals surface area contributed by atoms with Gasteiger partial charge in [0, 0.05) is 23.5 Å². The molecule has 0 saturated carbocycles. The fourth-order valence-electron chi connectivity index (χ4n) is 1.40. The molecule has 0 saturated heterocycles. The lowest BCUT2D eigenvalue weighted by Crippen LogP contribution is -1.94. The zero-order chi connectivity index (χ0) is 12.3. The van der Waals surface area contributed by atoms with Gasteiger partial charge in [-0.25, -0.2) is 4.39 Å². The summed E-state index contributed by atoms with van der Waals surface area (Å²) in [5, 5.41) is 0. The first kappa shape index (κ1) is 11.9. The Kier molecular flexibility index (Phi) is 3.59. The van der Waals surface area contributed by atoms with Crippen LogP contribution in [0.1, 0.15) is 11.3 Å². The molecule has 1 heterocycles. The van der Waals surface area contributed by atoms with Crippen LogP contribution in [0.25, 0.3) is 0 Å². The van der Waals surface area contributed by atoms with Crippen LogP contribution in [0.3, 0.4) is 0 Å². The van der Waals surface area contributed by atoms with Crippen molar-refractivity contribution >= 4 is 11.6 Å². The average molecular weight is 252 g/mol. The molecule has 0 N–H and O–H groups in total. The van der Waals surface area contributed by atoms with Gasteiger partial charge in [0.05, 0.1) is 5.88 Å². The van der Waals surface area contributed by atoms with Gasteiger partial charge in [-0.3, -0.25) is 4.98 Å². The second-order valence-corrected chi connectivity index (χ2v) is 3.87. The van der Waals surface area contributed by atoms with E-state index in [4.69, 9.17) is 16.3 Å². The summed E-state index contributed by atoms with van der Waals surface area (Å²) in [7, 11) is 0. The predicted molar refractivity (Wildman–Crippen MR) is 65.0 cm³/mol. The molecule has 1 aromatic carbocycles. The summed E-state index contributed by atoms with van der Waals surface area (Å²) < 4.78 is 19.0. The van der Waals surface area contributed by atoms with Gasteiger partial charge in [-0.1, -0.05) is 12.1 Å². The maximum atomic E-state index is 13.4. The zero-order valence-corrected chi connectivity index (χ0v) is 10.0. The largest absolute Gasteiger partial charge is 0.454 e. The van der Waals surface area contributed by atoms with Gasteiger partial charge in [-0.15, -0.1) is 11.6 Å². The molecule has 4 heteroatoms. The molecule has 0 aliphatic rings. The third-order valence-corrected chi connectivity index (χ3v) is 2.57. The lowest BCUT2D eigenvalue weighted by molar-refractivity contribution is 0.438. The van der Waals surface area contributed by atoms with Crippen LogP contribution in [0.15, 0.2) is 36.5 Å². The average Bonchev–Trinajstić information content (AvgIpc) is 2.32. The molecule has 0 radical (unpaired) electrons. The molecule has 2 rings (SSSR count).